The van der Waals surface area contributed by atoms with Crippen LogP contribution in [0.15, 0.2) is 18.2 Å². The van der Waals surface area contributed by atoms with Crippen LogP contribution in [0.4, 0.5) is 5.69 Å². The fraction of sp³-hybridized carbons (Fsp3) is 0.357. The highest BCUT2D eigenvalue weighted by atomic mass is 16.5. The fourth-order valence-electron chi connectivity index (χ4n) is 1.77. The van der Waals surface area contributed by atoms with Crippen molar-refractivity contribution >= 4 is 22.7 Å². The van der Waals surface area contributed by atoms with Crippen LogP contribution in [0.3, 0.4) is 0 Å². The Bertz CT molecular complexity index is 623. The minimum atomic E-state index is -0.515. The molecule has 2 aromatic heterocycles. The molecule has 0 atom stereocenters. The van der Waals surface area contributed by atoms with Crippen molar-refractivity contribution in [3.63, 3.8) is 0 Å². The van der Waals surface area contributed by atoms with Gasteiger partial charge in [0.1, 0.15) is 0 Å². The van der Waals surface area contributed by atoms with Gasteiger partial charge in [-0.05, 0) is 31.0 Å². The summed E-state index contributed by atoms with van der Waals surface area (Å²) in [7, 11) is 0. The maximum Gasteiger partial charge on any atom is 0.359 e. The van der Waals surface area contributed by atoms with E-state index >= 15 is 0 Å². The average molecular weight is 259 g/mol. The highest BCUT2D eigenvalue weighted by Gasteiger charge is 2.15. The highest BCUT2D eigenvalue weighted by Crippen LogP contribution is 2.21. The molecule has 0 saturated carbocycles. The number of nitrogens with two attached hydrogens (primary N) is 1. The van der Waals surface area contributed by atoms with Gasteiger partial charge in [0.05, 0.1) is 12.3 Å². The second kappa shape index (κ2) is 5.22. The second-order valence-electron chi connectivity index (χ2n) is 4.58. The topological polar surface area (TPSA) is 78.1 Å². The van der Waals surface area contributed by atoms with E-state index in [0.29, 0.717) is 17.3 Å². The van der Waals surface area contributed by atoms with Crippen molar-refractivity contribution in [1.29, 1.82) is 0 Å². The summed E-state index contributed by atoms with van der Waals surface area (Å²) in [4.78, 5) is 20.4. The molecule has 0 radical (unpaired) electrons. The molecule has 5 nitrogen and oxygen atoms in total. The number of esters is 1. The number of pyridine rings is 2. The number of carbonyl (C=O) groups is 1. The molecule has 0 spiro atoms. The molecule has 0 aliphatic heterocycles. The van der Waals surface area contributed by atoms with Crippen LogP contribution in [0.25, 0.3) is 11.0 Å². The third-order valence-corrected chi connectivity index (χ3v) is 2.79. The van der Waals surface area contributed by atoms with Crippen LogP contribution in [0.1, 0.15) is 42.9 Å². The number of anilines is 1. The van der Waals surface area contributed by atoms with Gasteiger partial charge in [-0.2, -0.15) is 0 Å². The van der Waals surface area contributed by atoms with Crippen molar-refractivity contribution in [3.8, 4) is 0 Å². The number of fused-ring (bicyclic) bond motifs is 1. The summed E-state index contributed by atoms with van der Waals surface area (Å²) in [5, 5.41) is 0.815. The summed E-state index contributed by atoms with van der Waals surface area (Å²) < 4.78 is 4.93. The third-order valence-electron chi connectivity index (χ3n) is 2.79. The summed E-state index contributed by atoms with van der Waals surface area (Å²) in [6, 6.07) is 5.56. The van der Waals surface area contributed by atoms with Crippen LogP contribution in [-0.4, -0.2) is 22.5 Å². The van der Waals surface area contributed by atoms with E-state index in [9.17, 15) is 4.79 Å². The summed E-state index contributed by atoms with van der Waals surface area (Å²) in [5.74, 6) is -0.214. The van der Waals surface area contributed by atoms with Crippen LogP contribution in [0.2, 0.25) is 0 Å². The lowest BCUT2D eigenvalue weighted by Crippen LogP contribution is -2.11. The zero-order chi connectivity index (χ0) is 14.0. The first-order valence-electron chi connectivity index (χ1n) is 6.27. The number of hydrogen-bond donors (Lipinski definition) is 1. The zero-order valence-corrected chi connectivity index (χ0v) is 11.3. The zero-order valence-electron chi connectivity index (χ0n) is 11.3. The highest BCUT2D eigenvalue weighted by molar-refractivity contribution is 5.96. The molecule has 0 fully saturated rings. The molecule has 2 rings (SSSR count). The van der Waals surface area contributed by atoms with Crippen LogP contribution in [0, 0.1) is 0 Å². The SMILES string of the molecule is CCOC(=O)c1nc2nc(C(C)C)ccc2cc1N. The minimum absolute atomic E-state index is 0.128. The first-order chi connectivity index (χ1) is 9.02. The van der Waals surface area contributed by atoms with Gasteiger partial charge >= 0.3 is 5.97 Å². The first kappa shape index (κ1) is 13.3. The molecule has 0 aromatic carbocycles. The summed E-state index contributed by atoms with van der Waals surface area (Å²) in [5.41, 5.74) is 7.71. The lowest BCUT2D eigenvalue weighted by atomic mass is 10.1. The van der Waals surface area contributed by atoms with Gasteiger partial charge < -0.3 is 10.5 Å². The molecule has 5 heteroatoms. The van der Waals surface area contributed by atoms with Gasteiger partial charge in [-0.3, -0.25) is 0 Å². The Morgan fingerprint density at radius 1 is 1.37 bits per heavy atom. The van der Waals surface area contributed by atoms with Crippen molar-refractivity contribution in [3.05, 3.63) is 29.6 Å². The molecule has 0 amide bonds. The molecule has 0 bridgehead atoms. The number of nitrogen functional groups attached to an aromatic ring is 1. The average Bonchev–Trinajstić information content (AvgIpc) is 2.37. The van der Waals surface area contributed by atoms with Crippen LogP contribution >= 0.6 is 0 Å². The lowest BCUT2D eigenvalue weighted by molar-refractivity contribution is 0.0521. The number of aromatic nitrogens is 2. The van der Waals surface area contributed by atoms with E-state index in [1.54, 1.807) is 13.0 Å². The summed E-state index contributed by atoms with van der Waals surface area (Å²) in [6.07, 6.45) is 0. The lowest BCUT2D eigenvalue weighted by Gasteiger charge is -2.08. The van der Waals surface area contributed by atoms with Crippen LogP contribution in [0.5, 0.6) is 0 Å². The minimum Gasteiger partial charge on any atom is -0.461 e. The van der Waals surface area contributed by atoms with Gasteiger partial charge in [0.25, 0.3) is 0 Å². The predicted molar refractivity (Wildman–Crippen MR) is 74.0 cm³/mol. The first-order valence-corrected chi connectivity index (χ1v) is 6.27. The summed E-state index contributed by atoms with van der Waals surface area (Å²) in [6.45, 7) is 6.14. The Labute approximate surface area is 111 Å². The van der Waals surface area contributed by atoms with E-state index in [1.807, 2.05) is 12.1 Å². The normalized spacial score (nSPS) is 10.9. The van der Waals surface area contributed by atoms with Crippen molar-refractivity contribution in [2.75, 3.05) is 12.3 Å². The molecule has 19 heavy (non-hydrogen) atoms. The molecule has 2 aromatic rings. The monoisotopic (exact) mass is 259 g/mol. The molecule has 0 aliphatic carbocycles. The number of nitrogens with zero attached hydrogens (tertiary/aromatic N) is 2. The molecule has 2 N–H and O–H groups in total. The van der Waals surface area contributed by atoms with Gasteiger partial charge in [-0.1, -0.05) is 13.8 Å². The van der Waals surface area contributed by atoms with Gasteiger partial charge in [0.15, 0.2) is 11.3 Å². The molecular formula is C14H17N3O2. The van der Waals surface area contributed by atoms with E-state index in [-0.39, 0.29) is 12.3 Å². The van der Waals surface area contributed by atoms with Gasteiger partial charge in [-0.25, -0.2) is 14.8 Å². The van der Waals surface area contributed by atoms with Crippen LogP contribution < -0.4 is 5.73 Å². The van der Waals surface area contributed by atoms with E-state index in [4.69, 9.17) is 10.5 Å². The Hall–Kier alpha value is -2.17. The number of rotatable bonds is 3. The van der Waals surface area contributed by atoms with Gasteiger partial charge in [-0.15, -0.1) is 0 Å². The smallest absolute Gasteiger partial charge is 0.359 e. The quantitative estimate of drug-likeness (QED) is 0.857. The largest absolute Gasteiger partial charge is 0.461 e. The maximum absolute atomic E-state index is 11.7. The molecule has 0 unspecified atom stereocenters. The van der Waals surface area contributed by atoms with Crippen molar-refractivity contribution < 1.29 is 9.53 Å². The van der Waals surface area contributed by atoms with E-state index in [1.165, 1.54) is 0 Å². The summed E-state index contributed by atoms with van der Waals surface area (Å²) >= 11 is 0. The molecule has 0 aliphatic rings. The van der Waals surface area contributed by atoms with Crippen LogP contribution in [-0.2, 0) is 4.74 Å². The maximum atomic E-state index is 11.7. The van der Waals surface area contributed by atoms with Gasteiger partial charge in [0.2, 0.25) is 0 Å². The number of hydrogen-bond acceptors (Lipinski definition) is 5. The number of ether oxygens (including phenoxy) is 1. The second-order valence-corrected chi connectivity index (χ2v) is 4.58. The molecule has 0 saturated heterocycles. The molecule has 100 valence electrons. The standard InChI is InChI=1S/C14H17N3O2/c1-4-19-14(18)12-10(15)7-9-5-6-11(8(2)3)16-13(9)17-12/h5-8H,4,15H2,1-3H3. The predicted octanol–water partition coefficient (Wildman–Crippen LogP) is 2.51. The van der Waals surface area contributed by atoms with E-state index in [2.05, 4.69) is 23.8 Å². The fourth-order valence-corrected chi connectivity index (χ4v) is 1.77. The number of carbonyl (C=O) groups excluding carboxylic acids is 1. The Balaban J connectivity index is 2.55. The Morgan fingerprint density at radius 2 is 2.11 bits per heavy atom. The van der Waals surface area contributed by atoms with Crippen molar-refractivity contribution in [2.24, 2.45) is 0 Å². The van der Waals surface area contributed by atoms with E-state index < -0.39 is 5.97 Å². The Kier molecular flexibility index (Phi) is 3.64. The van der Waals surface area contributed by atoms with Gasteiger partial charge in [0, 0.05) is 11.1 Å². The van der Waals surface area contributed by atoms with Crippen molar-refractivity contribution in [1.82, 2.24) is 9.97 Å². The van der Waals surface area contributed by atoms with E-state index in [0.717, 1.165) is 11.1 Å². The molecule has 2 heterocycles. The van der Waals surface area contributed by atoms with Crippen molar-refractivity contribution in [2.45, 2.75) is 26.7 Å². The third kappa shape index (κ3) is 2.65. The molecular weight excluding hydrogens is 242 g/mol. The Morgan fingerprint density at radius 3 is 2.74 bits per heavy atom.